The number of unbranched alkanes of at least 4 members (excludes halogenated alkanes) is 12. The maximum absolute atomic E-state index is 14.8. The molecule has 0 bridgehead atoms. The van der Waals surface area contributed by atoms with Gasteiger partial charge in [0.15, 0.2) is 25.2 Å². The topological polar surface area (TPSA) is 627 Å². The smallest absolute Gasteiger partial charge is 0.309 e. The van der Waals surface area contributed by atoms with E-state index in [0.29, 0.717) is 96.3 Å². The third-order valence-corrected chi connectivity index (χ3v) is 22.6. The first-order valence-electron chi connectivity index (χ1n) is 44.7. The summed E-state index contributed by atoms with van der Waals surface area (Å²) < 4.78 is 77.0. The number of aliphatic carboxylic acids is 1. The molecule has 0 aromatic carbocycles. The van der Waals surface area contributed by atoms with Crippen molar-refractivity contribution >= 4 is 35.8 Å². The van der Waals surface area contributed by atoms with E-state index in [1.54, 1.807) is 0 Å². The summed E-state index contributed by atoms with van der Waals surface area (Å²) in [6, 6.07) is 0. The highest BCUT2D eigenvalue weighted by atomic mass is 16.7. The molecule has 0 amide bonds. The van der Waals surface area contributed by atoms with Crippen LogP contribution in [0.15, 0.2) is 0 Å². The number of hydrogen-bond acceptors (Lipinski definition) is 38. The van der Waals surface area contributed by atoms with Gasteiger partial charge in [-0.2, -0.15) is 0 Å². The number of aliphatic hydroxyl groups excluding tert-OH is 19. The second-order valence-corrected chi connectivity index (χ2v) is 33.3. The molecule has 0 aromatic heterocycles. The average molecular weight is 1780 g/mol. The van der Waals surface area contributed by atoms with Crippen LogP contribution in [0.5, 0.6) is 0 Å². The Morgan fingerprint density at radius 1 is 0.252 bits per heavy atom. The maximum atomic E-state index is 14.8. The number of esters is 5. The number of ether oxygens (including phenoxy) is 13. The molecule has 4 fully saturated rings. The van der Waals surface area contributed by atoms with Crippen LogP contribution in [0.2, 0.25) is 0 Å². The third kappa shape index (κ3) is 40.3. The zero-order valence-corrected chi connectivity index (χ0v) is 72.5. The summed E-state index contributed by atoms with van der Waals surface area (Å²) >= 11 is 0. The summed E-state index contributed by atoms with van der Waals surface area (Å²) in [7, 11) is 0. The van der Waals surface area contributed by atoms with E-state index in [-0.39, 0.29) is 57.8 Å². The number of carboxylic acids is 1. The highest BCUT2D eigenvalue weighted by Crippen LogP contribution is 2.34. The summed E-state index contributed by atoms with van der Waals surface area (Å²) in [5.41, 5.74) is 0. The van der Waals surface area contributed by atoms with E-state index in [0.717, 1.165) is 32.1 Å². The van der Waals surface area contributed by atoms with Crippen molar-refractivity contribution in [2.24, 2.45) is 0 Å². The minimum Gasteiger partial charge on any atom is -0.481 e. The van der Waals surface area contributed by atoms with Crippen LogP contribution in [0.1, 0.15) is 273 Å². The number of hydrogen-bond donors (Lipinski definition) is 20. The number of rotatable bonds is 65. The van der Waals surface area contributed by atoms with Gasteiger partial charge in [0, 0.05) is 38.5 Å². The molecule has 123 heavy (non-hydrogen) atoms. The summed E-state index contributed by atoms with van der Waals surface area (Å²) in [4.78, 5) is 83.8. The fraction of sp³-hybridized carbons (Fsp3) is 0.929. The first-order chi connectivity index (χ1) is 58.6. The summed E-state index contributed by atoms with van der Waals surface area (Å²) in [6.07, 6.45) is -44.1. The van der Waals surface area contributed by atoms with Crippen molar-refractivity contribution in [3.05, 3.63) is 0 Å². The van der Waals surface area contributed by atoms with Crippen molar-refractivity contribution in [3.8, 4) is 0 Å². The third-order valence-electron chi connectivity index (χ3n) is 22.6. The number of carbonyl (C=O) groups excluding carboxylic acids is 5. The Hall–Kier alpha value is -4.26. The number of carbonyl (C=O) groups is 6. The lowest BCUT2D eigenvalue weighted by Gasteiger charge is -2.41. The SMILES string of the molecule is CCCCCC(O)CC(CC(=O)OC(CCCCC)CC(O)CC(=O)OC(CCCCC)CC(CC(=O)OC(CCCCC)CC(CC(=O)OC(CCCCC)CC(CC(=O)O)OC1OC(CO)C(O)C(O)C1O)OC1OC(CO)C(O)C(O)C1O)OC1OC(CO)C(O)C(O)C1O)OC(=O)CC(O)CC(CCCCC)OC1OC(CO)C(O)C(O)C1O. The lowest BCUT2D eigenvalue weighted by Crippen LogP contribution is -2.60. The van der Waals surface area contributed by atoms with Gasteiger partial charge in [0.1, 0.15) is 128 Å². The molecule has 4 rings (SSSR count). The lowest BCUT2D eigenvalue weighted by molar-refractivity contribution is -0.313. The fourth-order valence-corrected chi connectivity index (χ4v) is 15.5. The number of carboxylic acid groups (broad SMARTS) is 1. The van der Waals surface area contributed by atoms with Gasteiger partial charge in [-0.25, -0.2) is 0 Å². The van der Waals surface area contributed by atoms with Gasteiger partial charge in [-0.15, -0.1) is 0 Å². The van der Waals surface area contributed by atoms with Crippen LogP contribution >= 0.6 is 0 Å². The Morgan fingerprint density at radius 2 is 0.472 bits per heavy atom. The molecule has 4 saturated heterocycles. The highest BCUT2D eigenvalue weighted by molar-refractivity contribution is 5.73. The van der Waals surface area contributed by atoms with Crippen LogP contribution < -0.4 is 0 Å². The maximum Gasteiger partial charge on any atom is 0.309 e. The molecule has 0 aliphatic carbocycles. The zero-order chi connectivity index (χ0) is 91.4. The molecule has 20 N–H and O–H groups in total. The molecule has 720 valence electrons. The van der Waals surface area contributed by atoms with E-state index < -0.39 is 303 Å². The average Bonchev–Trinajstić information content (AvgIpc) is 0.827. The zero-order valence-electron chi connectivity index (χ0n) is 72.5. The largest absolute Gasteiger partial charge is 0.481 e. The van der Waals surface area contributed by atoms with E-state index in [1.165, 1.54) is 0 Å². The van der Waals surface area contributed by atoms with Crippen molar-refractivity contribution < 1.29 is 192 Å². The van der Waals surface area contributed by atoms with E-state index >= 15 is 0 Å². The molecule has 0 radical (unpaired) electrons. The quantitative estimate of drug-likeness (QED) is 0.0225. The fourth-order valence-electron chi connectivity index (χ4n) is 15.5. The molecule has 4 heterocycles. The second-order valence-electron chi connectivity index (χ2n) is 33.3. The minimum absolute atomic E-state index is 0.0536. The van der Waals surface area contributed by atoms with E-state index in [9.17, 15) is 131 Å². The van der Waals surface area contributed by atoms with Crippen LogP contribution in [0.4, 0.5) is 0 Å². The molecular formula is C84H150O39. The van der Waals surface area contributed by atoms with Gasteiger partial charge >= 0.3 is 35.8 Å². The first-order valence-corrected chi connectivity index (χ1v) is 44.7. The Morgan fingerprint density at radius 3 is 0.748 bits per heavy atom. The minimum atomic E-state index is -2.02. The monoisotopic (exact) mass is 1780 g/mol. The molecule has 39 heteroatoms. The van der Waals surface area contributed by atoms with Crippen molar-refractivity contribution in [1.82, 2.24) is 0 Å². The van der Waals surface area contributed by atoms with Gasteiger partial charge in [0.2, 0.25) is 0 Å². The van der Waals surface area contributed by atoms with Gasteiger partial charge in [-0.3, -0.25) is 28.8 Å². The van der Waals surface area contributed by atoms with E-state index in [4.69, 9.17) is 61.6 Å². The summed E-state index contributed by atoms with van der Waals surface area (Å²) in [5.74, 6) is -6.27. The normalized spacial score (nSPS) is 29.8. The van der Waals surface area contributed by atoms with Gasteiger partial charge < -0.3 is 164 Å². The molecule has 0 spiro atoms. The Bertz CT molecular complexity index is 2870. The van der Waals surface area contributed by atoms with E-state index in [2.05, 4.69) is 0 Å². The Labute approximate surface area is 720 Å². The molecule has 0 saturated carbocycles. The van der Waals surface area contributed by atoms with Crippen LogP contribution in [0, 0.1) is 0 Å². The molecule has 32 atom stereocenters. The molecule has 4 aliphatic rings. The predicted octanol–water partition coefficient (Wildman–Crippen LogP) is 0.616. The molecule has 39 nitrogen and oxygen atoms in total. The molecule has 4 aliphatic heterocycles. The second kappa shape index (κ2) is 60.6. The molecular weight excluding hydrogens is 1630 g/mol. The summed E-state index contributed by atoms with van der Waals surface area (Å²) in [6.45, 7) is 8.26. The lowest BCUT2D eigenvalue weighted by atomic mass is 9.98. The van der Waals surface area contributed by atoms with Crippen molar-refractivity contribution in [3.63, 3.8) is 0 Å². The molecule has 0 aromatic rings. The van der Waals surface area contributed by atoms with Crippen LogP contribution in [0.3, 0.4) is 0 Å². The van der Waals surface area contributed by atoms with Crippen LogP contribution in [-0.2, 0) is 90.3 Å². The number of aliphatic hydroxyl groups is 19. The standard InChI is InChI=1S/C84H150O39/c1-7-13-19-25-47(89)31-55(115-65(95)35-49(91)33-51(27-21-15-9-3)116-81-77(107)73(103)69(99)59(43-85)120-81)40-66(96)111-50(26-20-14-8-2)32-48(90)34-64(94)112-53(29-23-17-11-5)37-57(118-83-79(109)75(105)71(101)61(45-87)122-83)41-68(98)114-54(30-24-18-12-6)38-58(119-84-80(110)76(106)72(102)62(46-88)123-84)42-67(97)113-52(28-22-16-10-4)36-56(39-63(92)93)117-82-78(108)74(104)70(100)60(44-86)121-82/h47-62,69-91,99-110H,7-46H2,1-6H3,(H,92,93). The van der Waals surface area contributed by atoms with Crippen LogP contribution in [0.25, 0.3) is 0 Å². The molecule has 32 unspecified atom stereocenters. The van der Waals surface area contributed by atoms with Crippen LogP contribution in [-0.4, -0.2) is 360 Å². The Kier molecular flexibility index (Phi) is 54.7. The van der Waals surface area contributed by atoms with Gasteiger partial charge in [0.05, 0.1) is 108 Å². The summed E-state index contributed by atoms with van der Waals surface area (Å²) in [5, 5.41) is 213. The van der Waals surface area contributed by atoms with Gasteiger partial charge in [-0.1, -0.05) is 131 Å². The highest BCUT2D eigenvalue weighted by Gasteiger charge is 2.50. The van der Waals surface area contributed by atoms with Gasteiger partial charge in [-0.05, 0) is 64.2 Å². The van der Waals surface area contributed by atoms with Crippen molar-refractivity contribution in [2.75, 3.05) is 26.4 Å². The van der Waals surface area contributed by atoms with E-state index in [1.807, 2.05) is 41.5 Å². The Balaban J connectivity index is 1.64. The predicted molar refractivity (Wildman–Crippen MR) is 430 cm³/mol. The van der Waals surface area contributed by atoms with Crippen molar-refractivity contribution in [2.45, 2.75) is 469 Å². The first kappa shape index (κ1) is 111. The van der Waals surface area contributed by atoms with Gasteiger partial charge in [0.25, 0.3) is 0 Å². The van der Waals surface area contributed by atoms with Crippen molar-refractivity contribution in [1.29, 1.82) is 0 Å².